The zero-order valence-electron chi connectivity index (χ0n) is 15.3. The number of carbonyl (C=O) groups excluding carboxylic acids is 1. The van der Waals surface area contributed by atoms with Crippen LogP contribution in [0.4, 0.5) is 5.69 Å². The van der Waals surface area contributed by atoms with Crippen molar-refractivity contribution in [2.45, 2.75) is 19.4 Å². The Balaban J connectivity index is 0.00000182. The van der Waals surface area contributed by atoms with Crippen LogP contribution in [0.25, 0.3) is 0 Å². The zero-order valence-corrected chi connectivity index (χ0v) is 17.0. The van der Waals surface area contributed by atoms with Gasteiger partial charge in [-0.3, -0.25) is 9.78 Å². The van der Waals surface area contributed by atoms with Crippen molar-refractivity contribution >= 4 is 36.4 Å². The van der Waals surface area contributed by atoms with Crippen molar-refractivity contribution in [2.75, 3.05) is 31.1 Å². The fraction of sp³-hybridized carbons (Fsp3) is 0.400. The largest absolute Gasteiger partial charge is 0.358 e. The van der Waals surface area contributed by atoms with Gasteiger partial charge in [0.2, 0.25) is 5.91 Å². The van der Waals surface area contributed by atoms with E-state index in [1.165, 1.54) is 12.8 Å². The van der Waals surface area contributed by atoms with Crippen LogP contribution >= 0.6 is 24.8 Å². The molecule has 1 aliphatic heterocycles. The third-order valence-electron chi connectivity index (χ3n) is 4.54. The van der Waals surface area contributed by atoms with Crippen LogP contribution < -0.4 is 15.5 Å². The first-order chi connectivity index (χ1) is 12.3. The number of anilines is 1. The van der Waals surface area contributed by atoms with Crippen LogP contribution in [0.1, 0.15) is 18.4 Å². The van der Waals surface area contributed by atoms with E-state index in [1.807, 2.05) is 48.7 Å². The van der Waals surface area contributed by atoms with Crippen LogP contribution in [0.5, 0.6) is 0 Å². The molecular weight excluding hydrogens is 383 g/mol. The van der Waals surface area contributed by atoms with Gasteiger partial charge in [-0.2, -0.15) is 0 Å². The van der Waals surface area contributed by atoms with E-state index >= 15 is 0 Å². The molecule has 1 aliphatic rings. The lowest BCUT2D eigenvalue weighted by molar-refractivity contribution is -0.120. The second kappa shape index (κ2) is 12.5. The molecule has 2 aromatic rings. The quantitative estimate of drug-likeness (QED) is 0.736. The summed E-state index contributed by atoms with van der Waals surface area (Å²) in [5.41, 5.74) is 2.14. The summed E-state index contributed by atoms with van der Waals surface area (Å²) in [6.45, 7) is 3.85. The highest BCUT2D eigenvalue weighted by Gasteiger charge is 2.16. The lowest BCUT2D eigenvalue weighted by atomic mass is 10.00. The van der Waals surface area contributed by atoms with Gasteiger partial charge in [-0.25, -0.2) is 0 Å². The summed E-state index contributed by atoms with van der Waals surface area (Å²) in [6.07, 6.45) is 5.99. The summed E-state index contributed by atoms with van der Waals surface area (Å²) >= 11 is 0. The number of amides is 1. The van der Waals surface area contributed by atoms with E-state index in [-0.39, 0.29) is 30.7 Å². The van der Waals surface area contributed by atoms with Crippen molar-refractivity contribution in [3.05, 3.63) is 60.4 Å². The highest BCUT2D eigenvalue weighted by atomic mass is 35.5. The van der Waals surface area contributed by atoms with Crippen molar-refractivity contribution < 1.29 is 4.79 Å². The minimum absolute atomic E-state index is 0. The molecule has 7 heteroatoms. The highest BCUT2D eigenvalue weighted by molar-refractivity contribution is 5.85. The second-order valence-corrected chi connectivity index (χ2v) is 6.57. The Morgan fingerprint density at radius 1 is 1.19 bits per heavy atom. The van der Waals surface area contributed by atoms with Crippen molar-refractivity contribution in [1.29, 1.82) is 0 Å². The maximum atomic E-state index is 12.5. The van der Waals surface area contributed by atoms with Crippen LogP contribution in [0.15, 0.2) is 54.9 Å². The summed E-state index contributed by atoms with van der Waals surface area (Å²) in [5, 5.41) is 6.49. The molecule has 1 amide bonds. The van der Waals surface area contributed by atoms with Gasteiger partial charge in [0.25, 0.3) is 0 Å². The standard InChI is InChI=1S/C20H26N4O.2ClH/c25-20(23-14-17-6-4-10-21-12-17)16-24(19-8-2-1-3-9-19)15-18-7-5-11-22-13-18;;/h1-3,5,7-9,11,13,17,21H,4,6,10,12,14-16H2,(H,23,25);2*1H. The van der Waals surface area contributed by atoms with Crippen LogP contribution in [0.2, 0.25) is 0 Å². The number of nitrogens with one attached hydrogen (secondary N) is 2. The molecule has 0 saturated carbocycles. The van der Waals surface area contributed by atoms with Crippen LogP contribution in [0.3, 0.4) is 0 Å². The smallest absolute Gasteiger partial charge is 0.239 e. The number of benzene rings is 1. The van der Waals surface area contributed by atoms with Gasteiger partial charge >= 0.3 is 0 Å². The molecule has 1 aromatic carbocycles. The molecule has 1 saturated heterocycles. The predicted octanol–water partition coefficient (Wildman–Crippen LogP) is 3.05. The van der Waals surface area contributed by atoms with E-state index in [9.17, 15) is 4.79 Å². The maximum absolute atomic E-state index is 12.5. The minimum atomic E-state index is 0. The van der Waals surface area contributed by atoms with E-state index in [1.54, 1.807) is 6.20 Å². The Kier molecular flexibility index (Phi) is 10.8. The monoisotopic (exact) mass is 410 g/mol. The summed E-state index contributed by atoms with van der Waals surface area (Å²) in [7, 11) is 0. The molecule has 5 nitrogen and oxygen atoms in total. The Morgan fingerprint density at radius 3 is 2.67 bits per heavy atom. The summed E-state index contributed by atoms with van der Waals surface area (Å²) < 4.78 is 0. The van der Waals surface area contributed by atoms with Gasteiger partial charge < -0.3 is 15.5 Å². The van der Waals surface area contributed by atoms with Crippen LogP contribution in [0, 0.1) is 5.92 Å². The minimum Gasteiger partial charge on any atom is -0.358 e. The number of carbonyl (C=O) groups is 1. The van der Waals surface area contributed by atoms with E-state index in [0.717, 1.165) is 30.9 Å². The first-order valence-corrected chi connectivity index (χ1v) is 8.97. The Bertz CT molecular complexity index is 652. The van der Waals surface area contributed by atoms with Gasteiger partial charge in [0, 0.05) is 31.2 Å². The average molecular weight is 411 g/mol. The molecule has 1 fully saturated rings. The van der Waals surface area contributed by atoms with Gasteiger partial charge in [-0.05, 0) is 55.6 Å². The lowest BCUT2D eigenvalue weighted by Crippen LogP contribution is -2.42. The molecule has 0 radical (unpaired) electrons. The van der Waals surface area contributed by atoms with Crippen molar-refractivity contribution in [3.63, 3.8) is 0 Å². The number of hydrogen-bond acceptors (Lipinski definition) is 4. The van der Waals surface area contributed by atoms with Crippen LogP contribution in [-0.2, 0) is 11.3 Å². The van der Waals surface area contributed by atoms with Gasteiger partial charge in [0.15, 0.2) is 0 Å². The number of piperidine rings is 1. The molecule has 0 spiro atoms. The molecular formula is C20H28Cl2N4O. The summed E-state index contributed by atoms with van der Waals surface area (Å²) in [4.78, 5) is 18.7. The number of hydrogen-bond donors (Lipinski definition) is 2. The molecule has 1 unspecified atom stereocenters. The third kappa shape index (κ3) is 7.75. The third-order valence-corrected chi connectivity index (χ3v) is 4.54. The van der Waals surface area contributed by atoms with Gasteiger partial charge in [0.1, 0.15) is 0 Å². The predicted molar refractivity (Wildman–Crippen MR) is 115 cm³/mol. The fourth-order valence-electron chi connectivity index (χ4n) is 3.17. The molecule has 27 heavy (non-hydrogen) atoms. The van der Waals surface area contributed by atoms with Gasteiger partial charge in [-0.15, -0.1) is 24.8 Å². The number of rotatable bonds is 7. The SMILES string of the molecule is Cl.Cl.O=C(CN(Cc1cccnc1)c1ccccc1)NCC1CCCNC1. The normalized spacial score (nSPS) is 15.8. The summed E-state index contributed by atoms with van der Waals surface area (Å²) in [5.74, 6) is 0.611. The van der Waals surface area contributed by atoms with Crippen molar-refractivity contribution in [1.82, 2.24) is 15.6 Å². The number of para-hydroxylation sites is 1. The van der Waals surface area contributed by atoms with Gasteiger partial charge in [0.05, 0.1) is 6.54 Å². The molecule has 2 N–H and O–H groups in total. The molecule has 0 bridgehead atoms. The van der Waals surface area contributed by atoms with Crippen molar-refractivity contribution in [3.8, 4) is 0 Å². The van der Waals surface area contributed by atoms with E-state index in [4.69, 9.17) is 0 Å². The molecule has 148 valence electrons. The zero-order chi connectivity index (χ0) is 17.3. The fourth-order valence-corrected chi connectivity index (χ4v) is 3.17. The molecule has 0 aliphatic carbocycles. The Morgan fingerprint density at radius 2 is 2.00 bits per heavy atom. The average Bonchev–Trinajstić information content (AvgIpc) is 2.68. The lowest BCUT2D eigenvalue weighted by Gasteiger charge is -2.26. The second-order valence-electron chi connectivity index (χ2n) is 6.57. The maximum Gasteiger partial charge on any atom is 0.239 e. The molecule has 1 aromatic heterocycles. The van der Waals surface area contributed by atoms with Crippen molar-refractivity contribution in [2.24, 2.45) is 5.92 Å². The Hall–Kier alpha value is -1.82. The number of halogens is 2. The number of nitrogens with zero attached hydrogens (tertiary/aromatic N) is 2. The van der Waals surface area contributed by atoms with Crippen LogP contribution in [-0.4, -0.2) is 37.1 Å². The van der Waals surface area contributed by atoms with E-state index in [2.05, 4.69) is 20.5 Å². The molecule has 2 heterocycles. The first kappa shape index (κ1) is 23.2. The molecule has 3 rings (SSSR count). The van der Waals surface area contributed by atoms with Gasteiger partial charge in [-0.1, -0.05) is 24.3 Å². The molecule has 1 atom stereocenters. The first-order valence-electron chi connectivity index (χ1n) is 8.97. The van der Waals surface area contributed by atoms with E-state index < -0.39 is 0 Å². The number of pyridine rings is 1. The Labute approximate surface area is 173 Å². The topological polar surface area (TPSA) is 57.3 Å². The van der Waals surface area contributed by atoms with E-state index in [0.29, 0.717) is 19.0 Å². The highest BCUT2D eigenvalue weighted by Crippen LogP contribution is 2.16. The summed E-state index contributed by atoms with van der Waals surface area (Å²) in [6, 6.07) is 14.0. The number of aromatic nitrogens is 1.